The standard InChI is InChI=1S/C7H8Cl2/c1-6(5-8)3-4-7(2)9/h3-5H,2H2,1H3/b4-3-,6-5-. The van der Waals surface area contributed by atoms with Gasteiger partial charge in [-0.2, -0.15) is 0 Å². The van der Waals surface area contributed by atoms with Crippen molar-refractivity contribution in [2.75, 3.05) is 0 Å². The molecule has 0 aromatic heterocycles. The van der Waals surface area contributed by atoms with Crippen LogP contribution in [-0.2, 0) is 0 Å². The van der Waals surface area contributed by atoms with E-state index >= 15 is 0 Å². The summed E-state index contributed by atoms with van der Waals surface area (Å²) in [5, 5.41) is 0.507. The number of allylic oxidation sites excluding steroid dienone is 4. The van der Waals surface area contributed by atoms with E-state index in [9.17, 15) is 0 Å². The highest BCUT2D eigenvalue weighted by atomic mass is 35.5. The Labute approximate surface area is 65.5 Å². The lowest BCUT2D eigenvalue weighted by atomic mass is 10.3. The highest BCUT2D eigenvalue weighted by Crippen LogP contribution is 2.03. The molecule has 2 heteroatoms. The predicted octanol–water partition coefficient (Wildman–Crippen LogP) is 3.44. The van der Waals surface area contributed by atoms with Crippen molar-refractivity contribution in [2.24, 2.45) is 0 Å². The first-order valence-corrected chi connectivity index (χ1v) is 3.27. The van der Waals surface area contributed by atoms with Gasteiger partial charge in [0.15, 0.2) is 0 Å². The summed E-state index contributed by atoms with van der Waals surface area (Å²) in [7, 11) is 0. The Morgan fingerprint density at radius 3 is 2.33 bits per heavy atom. The first-order chi connectivity index (χ1) is 4.16. The van der Waals surface area contributed by atoms with E-state index in [1.165, 1.54) is 5.54 Å². The molecule has 0 nitrogen and oxygen atoms in total. The maximum Gasteiger partial charge on any atom is 0.0334 e. The molecular weight excluding hydrogens is 155 g/mol. The fourth-order valence-corrected chi connectivity index (χ4v) is 0.394. The van der Waals surface area contributed by atoms with E-state index in [0.717, 1.165) is 5.57 Å². The molecule has 0 aromatic carbocycles. The van der Waals surface area contributed by atoms with Crippen molar-refractivity contribution in [3.63, 3.8) is 0 Å². The smallest absolute Gasteiger partial charge is 0.0334 e. The van der Waals surface area contributed by atoms with Crippen LogP contribution in [0.25, 0.3) is 0 Å². The monoisotopic (exact) mass is 162 g/mol. The Bertz CT molecular complexity index is 154. The van der Waals surface area contributed by atoms with E-state index in [2.05, 4.69) is 6.58 Å². The quantitative estimate of drug-likeness (QED) is 0.547. The molecule has 0 amide bonds. The minimum atomic E-state index is 0.507. The van der Waals surface area contributed by atoms with E-state index in [4.69, 9.17) is 23.2 Å². The predicted molar refractivity (Wildman–Crippen MR) is 43.7 cm³/mol. The number of rotatable bonds is 2. The SMILES string of the molecule is C=C(Cl)/C=C\C(C)=C/Cl. The summed E-state index contributed by atoms with van der Waals surface area (Å²) in [6, 6.07) is 0. The van der Waals surface area contributed by atoms with E-state index in [1.54, 1.807) is 12.2 Å². The molecule has 0 atom stereocenters. The van der Waals surface area contributed by atoms with Gasteiger partial charge in [0.1, 0.15) is 0 Å². The largest absolute Gasteiger partial charge is 0.0927 e. The molecule has 0 heterocycles. The van der Waals surface area contributed by atoms with Gasteiger partial charge in [-0.3, -0.25) is 0 Å². The third-order valence-corrected chi connectivity index (χ3v) is 1.17. The molecule has 0 saturated heterocycles. The third-order valence-electron chi connectivity index (χ3n) is 0.699. The summed E-state index contributed by atoms with van der Waals surface area (Å²) in [6.07, 6.45) is 3.48. The Morgan fingerprint density at radius 2 is 2.00 bits per heavy atom. The van der Waals surface area contributed by atoms with Gasteiger partial charge in [0.05, 0.1) is 0 Å². The second-order valence-electron chi connectivity index (χ2n) is 1.63. The molecule has 0 bridgehead atoms. The summed E-state index contributed by atoms with van der Waals surface area (Å²) in [4.78, 5) is 0. The second kappa shape index (κ2) is 4.66. The van der Waals surface area contributed by atoms with Crippen LogP contribution in [0, 0.1) is 0 Å². The van der Waals surface area contributed by atoms with Crippen LogP contribution < -0.4 is 0 Å². The van der Waals surface area contributed by atoms with E-state index in [0.29, 0.717) is 5.03 Å². The normalized spacial score (nSPS) is 12.6. The van der Waals surface area contributed by atoms with Crippen molar-refractivity contribution in [3.8, 4) is 0 Å². The van der Waals surface area contributed by atoms with Crippen molar-refractivity contribution in [1.82, 2.24) is 0 Å². The lowest BCUT2D eigenvalue weighted by molar-refractivity contribution is 1.55. The fraction of sp³-hybridized carbons (Fsp3) is 0.143. The number of hydrogen-bond donors (Lipinski definition) is 0. The van der Waals surface area contributed by atoms with Crippen LogP contribution >= 0.6 is 23.2 Å². The molecule has 0 aliphatic carbocycles. The van der Waals surface area contributed by atoms with E-state index in [-0.39, 0.29) is 0 Å². The zero-order valence-electron chi connectivity index (χ0n) is 5.20. The van der Waals surface area contributed by atoms with Gasteiger partial charge in [-0.15, -0.1) is 0 Å². The van der Waals surface area contributed by atoms with Gasteiger partial charge < -0.3 is 0 Å². The topological polar surface area (TPSA) is 0 Å². The molecule has 9 heavy (non-hydrogen) atoms. The molecular formula is C7H8Cl2. The third kappa shape index (κ3) is 5.67. The number of hydrogen-bond acceptors (Lipinski definition) is 0. The van der Waals surface area contributed by atoms with Gasteiger partial charge in [0, 0.05) is 10.6 Å². The molecule has 0 radical (unpaired) electrons. The maximum absolute atomic E-state index is 5.43. The summed E-state index contributed by atoms with van der Waals surface area (Å²) in [6.45, 7) is 5.35. The highest BCUT2D eigenvalue weighted by Gasteiger charge is 1.78. The van der Waals surface area contributed by atoms with Crippen LogP contribution in [0.15, 0.2) is 34.9 Å². The van der Waals surface area contributed by atoms with Crippen LogP contribution in [0.4, 0.5) is 0 Å². The van der Waals surface area contributed by atoms with Gasteiger partial charge in [-0.1, -0.05) is 35.9 Å². The van der Waals surface area contributed by atoms with Crippen LogP contribution in [0.3, 0.4) is 0 Å². The first-order valence-electron chi connectivity index (χ1n) is 2.46. The summed E-state index contributed by atoms with van der Waals surface area (Å²) in [5.74, 6) is 0. The van der Waals surface area contributed by atoms with Gasteiger partial charge in [0.25, 0.3) is 0 Å². The highest BCUT2D eigenvalue weighted by molar-refractivity contribution is 6.30. The van der Waals surface area contributed by atoms with Crippen LogP contribution in [0.5, 0.6) is 0 Å². The average molecular weight is 163 g/mol. The molecule has 0 saturated carbocycles. The van der Waals surface area contributed by atoms with E-state index < -0.39 is 0 Å². The lowest BCUT2D eigenvalue weighted by Crippen LogP contribution is -1.62. The molecule has 0 N–H and O–H groups in total. The van der Waals surface area contributed by atoms with Crippen LogP contribution in [-0.4, -0.2) is 0 Å². The molecule has 0 rings (SSSR count). The Hall–Kier alpha value is -0.200. The van der Waals surface area contributed by atoms with Crippen LogP contribution in [0.1, 0.15) is 6.92 Å². The average Bonchev–Trinajstić information content (AvgIpc) is 1.83. The summed E-state index contributed by atoms with van der Waals surface area (Å²) in [5.41, 5.74) is 2.44. The van der Waals surface area contributed by atoms with Gasteiger partial charge >= 0.3 is 0 Å². The molecule has 0 spiro atoms. The maximum atomic E-state index is 5.43. The fourth-order valence-electron chi connectivity index (χ4n) is 0.258. The molecule has 0 unspecified atom stereocenters. The van der Waals surface area contributed by atoms with Crippen molar-refractivity contribution >= 4 is 23.2 Å². The van der Waals surface area contributed by atoms with Crippen molar-refractivity contribution in [3.05, 3.63) is 34.9 Å². The molecule has 0 aliphatic rings. The van der Waals surface area contributed by atoms with Gasteiger partial charge in [-0.25, -0.2) is 0 Å². The van der Waals surface area contributed by atoms with E-state index in [1.807, 2.05) is 6.92 Å². The Kier molecular flexibility index (Phi) is 4.55. The van der Waals surface area contributed by atoms with Crippen molar-refractivity contribution in [2.45, 2.75) is 6.92 Å². The summed E-state index contributed by atoms with van der Waals surface area (Å²) >= 11 is 10.8. The van der Waals surface area contributed by atoms with Crippen molar-refractivity contribution < 1.29 is 0 Å². The van der Waals surface area contributed by atoms with Gasteiger partial charge in [-0.05, 0) is 18.6 Å². The second-order valence-corrected chi connectivity index (χ2v) is 2.34. The minimum absolute atomic E-state index is 0.507. The number of halogens is 2. The Balaban J connectivity index is 3.86. The summed E-state index contributed by atoms with van der Waals surface area (Å²) < 4.78 is 0. The van der Waals surface area contributed by atoms with Crippen LogP contribution in [0.2, 0.25) is 0 Å². The van der Waals surface area contributed by atoms with Gasteiger partial charge in [0.2, 0.25) is 0 Å². The zero-order chi connectivity index (χ0) is 7.28. The van der Waals surface area contributed by atoms with Crippen molar-refractivity contribution in [1.29, 1.82) is 0 Å². The molecule has 0 aromatic rings. The molecule has 0 fully saturated rings. The first kappa shape index (κ1) is 8.80. The molecule has 0 aliphatic heterocycles. The lowest BCUT2D eigenvalue weighted by Gasteiger charge is -1.84. The minimum Gasteiger partial charge on any atom is -0.0927 e. The molecule has 50 valence electrons. The Morgan fingerprint density at radius 1 is 1.44 bits per heavy atom. The zero-order valence-corrected chi connectivity index (χ0v) is 6.71.